The summed E-state index contributed by atoms with van der Waals surface area (Å²) in [6, 6.07) is 8.78. The lowest BCUT2D eigenvalue weighted by Crippen LogP contribution is -2.32. The van der Waals surface area contributed by atoms with E-state index in [1.807, 2.05) is 6.92 Å². The van der Waals surface area contributed by atoms with E-state index in [1.54, 1.807) is 37.3 Å². The van der Waals surface area contributed by atoms with E-state index >= 15 is 0 Å². The SMILES string of the molecule is CCOc1ccc(NC(=O)CCN(C(C)=O)c2cc(C)on2)cc1. The molecule has 0 aliphatic rings. The molecule has 1 aromatic carbocycles. The molecular weight excluding hydrogens is 310 g/mol. The Morgan fingerprint density at radius 3 is 2.54 bits per heavy atom. The lowest BCUT2D eigenvalue weighted by atomic mass is 10.2. The van der Waals surface area contributed by atoms with Gasteiger partial charge in [-0.3, -0.25) is 14.5 Å². The van der Waals surface area contributed by atoms with Gasteiger partial charge in [0, 0.05) is 31.6 Å². The summed E-state index contributed by atoms with van der Waals surface area (Å²) in [5.41, 5.74) is 0.676. The number of nitrogens with one attached hydrogen (secondary N) is 1. The van der Waals surface area contributed by atoms with Crippen molar-refractivity contribution in [3.8, 4) is 5.75 Å². The highest BCUT2D eigenvalue weighted by molar-refractivity contribution is 5.94. The third-order valence-electron chi connectivity index (χ3n) is 3.28. The monoisotopic (exact) mass is 331 g/mol. The predicted octanol–water partition coefficient (Wildman–Crippen LogP) is 2.76. The second kappa shape index (κ2) is 8.14. The summed E-state index contributed by atoms with van der Waals surface area (Å²) >= 11 is 0. The Labute approximate surface area is 140 Å². The number of rotatable bonds is 7. The Bertz CT molecular complexity index is 694. The van der Waals surface area contributed by atoms with E-state index in [-0.39, 0.29) is 24.8 Å². The standard InChI is InChI=1S/C17H21N3O4/c1-4-23-15-7-5-14(6-8-15)18-17(22)9-10-20(13(3)21)16-11-12(2)24-19-16/h5-8,11H,4,9-10H2,1-3H3,(H,18,22). The number of carbonyl (C=O) groups excluding carboxylic acids is 2. The van der Waals surface area contributed by atoms with E-state index in [2.05, 4.69) is 10.5 Å². The zero-order valence-electron chi connectivity index (χ0n) is 14.0. The topological polar surface area (TPSA) is 84.7 Å². The van der Waals surface area contributed by atoms with Crippen LogP contribution in [-0.4, -0.2) is 30.1 Å². The normalized spacial score (nSPS) is 10.3. The average Bonchev–Trinajstić information content (AvgIpc) is 2.95. The fourth-order valence-corrected chi connectivity index (χ4v) is 2.15. The molecule has 1 N–H and O–H groups in total. The van der Waals surface area contributed by atoms with Gasteiger partial charge in [0.1, 0.15) is 11.5 Å². The number of benzene rings is 1. The Hall–Kier alpha value is -2.83. The molecule has 0 radical (unpaired) electrons. The maximum atomic E-state index is 12.1. The van der Waals surface area contributed by atoms with Crippen LogP contribution in [0.15, 0.2) is 34.9 Å². The average molecular weight is 331 g/mol. The van der Waals surface area contributed by atoms with Crippen LogP contribution in [0.1, 0.15) is 26.0 Å². The summed E-state index contributed by atoms with van der Waals surface area (Å²) in [6.45, 7) is 5.90. The Morgan fingerprint density at radius 2 is 2.00 bits per heavy atom. The van der Waals surface area contributed by atoms with Crippen LogP contribution in [0.4, 0.5) is 11.5 Å². The van der Waals surface area contributed by atoms with Crippen molar-refractivity contribution in [2.45, 2.75) is 27.2 Å². The smallest absolute Gasteiger partial charge is 0.226 e. The van der Waals surface area contributed by atoms with Gasteiger partial charge < -0.3 is 14.6 Å². The van der Waals surface area contributed by atoms with Gasteiger partial charge in [0.05, 0.1) is 6.61 Å². The molecule has 0 bridgehead atoms. The number of amides is 2. The third-order valence-corrected chi connectivity index (χ3v) is 3.28. The molecule has 7 nitrogen and oxygen atoms in total. The molecule has 0 fully saturated rings. The van der Waals surface area contributed by atoms with Crippen molar-refractivity contribution in [2.75, 3.05) is 23.4 Å². The molecule has 7 heteroatoms. The molecule has 1 heterocycles. The summed E-state index contributed by atoms with van der Waals surface area (Å²) < 4.78 is 10.3. The summed E-state index contributed by atoms with van der Waals surface area (Å²) in [6.07, 6.45) is 0.151. The third kappa shape index (κ3) is 4.84. The van der Waals surface area contributed by atoms with E-state index < -0.39 is 0 Å². The first kappa shape index (κ1) is 17.5. The maximum Gasteiger partial charge on any atom is 0.226 e. The number of ether oxygens (including phenoxy) is 1. The fraction of sp³-hybridized carbons (Fsp3) is 0.353. The van der Waals surface area contributed by atoms with E-state index in [0.717, 1.165) is 5.75 Å². The largest absolute Gasteiger partial charge is 0.494 e. The first-order valence-corrected chi connectivity index (χ1v) is 7.73. The summed E-state index contributed by atoms with van der Waals surface area (Å²) in [5, 5.41) is 6.60. The first-order valence-electron chi connectivity index (χ1n) is 7.73. The fourth-order valence-electron chi connectivity index (χ4n) is 2.15. The van der Waals surface area contributed by atoms with E-state index in [4.69, 9.17) is 9.26 Å². The quantitative estimate of drug-likeness (QED) is 0.843. The lowest BCUT2D eigenvalue weighted by molar-refractivity contribution is -0.117. The zero-order valence-corrected chi connectivity index (χ0v) is 14.0. The van der Waals surface area contributed by atoms with Gasteiger partial charge in [0.25, 0.3) is 0 Å². The van der Waals surface area contributed by atoms with Crippen molar-refractivity contribution in [3.63, 3.8) is 0 Å². The van der Waals surface area contributed by atoms with Crippen molar-refractivity contribution in [1.29, 1.82) is 0 Å². The van der Waals surface area contributed by atoms with Crippen molar-refractivity contribution < 1.29 is 18.8 Å². The van der Waals surface area contributed by atoms with Crippen LogP contribution in [-0.2, 0) is 9.59 Å². The molecule has 0 saturated heterocycles. The van der Waals surface area contributed by atoms with Gasteiger partial charge in [0.15, 0.2) is 5.82 Å². The Kier molecular flexibility index (Phi) is 5.95. The molecular formula is C17H21N3O4. The minimum atomic E-state index is -0.197. The van der Waals surface area contributed by atoms with Gasteiger partial charge in [-0.1, -0.05) is 5.16 Å². The highest BCUT2D eigenvalue weighted by Gasteiger charge is 2.17. The molecule has 128 valence electrons. The summed E-state index contributed by atoms with van der Waals surface area (Å²) in [5.74, 6) is 1.38. The maximum absolute atomic E-state index is 12.1. The van der Waals surface area contributed by atoms with Crippen LogP contribution in [0.2, 0.25) is 0 Å². The molecule has 0 spiro atoms. The van der Waals surface area contributed by atoms with Crippen LogP contribution in [0, 0.1) is 6.92 Å². The van der Waals surface area contributed by atoms with Gasteiger partial charge >= 0.3 is 0 Å². The van der Waals surface area contributed by atoms with Crippen molar-refractivity contribution in [1.82, 2.24) is 5.16 Å². The molecule has 1 aromatic heterocycles. The second-order valence-electron chi connectivity index (χ2n) is 5.22. The molecule has 0 unspecified atom stereocenters. The van der Waals surface area contributed by atoms with Crippen LogP contribution in [0.3, 0.4) is 0 Å². The highest BCUT2D eigenvalue weighted by Crippen LogP contribution is 2.17. The van der Waals surface area contributed by atoms with Gasteiger partial charge in [-0.05, 0) is 38.1 Å². The number of anilines is 2. The first-order chi connectivity index (χ1) is 11.5. The van der Waals surface area contributed by atoms with Gasteiger partial charge in [0.2, 0.25) is 11.8 Å². The number of carbonyl (C=O) groups is 2. The second-order valence-corrected chi connectivity index (χ2v) is 5.22. The molecule has 0 aliphatic carbocycles. The number of aryl methyl sites for hydroxylation is 1. The number of hydrogen-bond acceptors (Lipinski definition) is 5. The number of hydrogen-bond donors (Lipinski definition) is 1. The van der Waals surface area contributed by atoms with Crippen LogP contribution in [0.5, 0.6) is 5.75 Å². The highest BCUT2D eigenvalue weighted by atomic mass is 16.5. The van der Waals surface area contributed by atoms with E-state index in [0.29, 0.717) is 23.9 Å². The van der Waals surface area contributed by atoms with Crippen molar-refractivity contribution in [3.05, 3.63) is 36.1 Å². The molecule has 2 aromatic rings. The molecule has 0 atom stereocenters. The Morgan fingerprint density at radius 1 is 1.29 bits per heavy atom. The van der Waals surface area contributed by atoms with Crippen LogP contribution < -0.4 is 15.0 Å². The number of nitrogens with zero attached hydrogens (tertiary/aromatic N) is 2. The van der Waals surface area contributed by atoms with E-state index in [9.17, 15) is 9.59 Å². The van der Waals surface area contributed by atoms with Crippen molar-refractivity contribution >= 4 is 23.3 Å². The minimum absolute atomic E-state index is 0.151. The predicted molar refractivity (Wildman–Crippen MR) is 90.1 cm³/mol. The van der Waals surface area contributed by atoms with Gasteiger partial charge in [-0.2, -0.15) is 0 Å². The lowest BCUT2D eigenvalue weighted by Gasteiger charge is -2.17. The molecule has 0 saturated carbocycles. The van der Waals surface area contributed by atoms with E-state index in [1.165, 1.54) is 11.8 Å². The molecule has 2 rings (SSSR count). The molecule has 0 aliphatic heterocycles. The summed E-state index contributed by atoms with van der Waals surface area (Å²) in [4.78, 5) is 25.2. The van der Waals surface area contributed by atoms with Crippen LogP contribution in [0.25, 0.3) is 0 Å². The summed E-state index contributed by atoms with van der Waals surface area (Å²) in [7, 11) is 0. The number of aromatic nitrogens is 1. The minimum Gasteiger partial charge on any atom is -0.494 e. The van der Waals surface area contributed by atoms with Crippen LogP contribution >= 0.6 is 0 Å². The molecule has 24 heavy (non-hydrogen) atoms. The molecule has 2 amide bonds. The van der Waals surface area contributed by atoms with Crippen molar-refractivity contribution in [2.24, 2.45) is 0 Å². The van der Waals surface area contributed by atoms with Gasteiger partial charge in [-0.15, -0.1) is 0 Å². The zero-order chi connectivity index (χ0) is 17.5. The Balaban J connectivity index is 1.90. The van der Waals surface area contributed by atoms with Gasteiger partial charge in [-0.25, -0.2) is 0 Å².